The predicted octanol–water partition coefficient (Wildman–Crippen LogP) is 3.10. The fourth-order valence-corrected chi connectivity index (χ4v) is 3.41. The predicted molar refractivity (Wildman–Crippen MR) is 119 cm³/mol. The molecule has 0 aliphatic heterocycles. The van der Waals surface area contributed by atoms with E-state index in [9.17, 15) is 9.59 Å². The van der Waals surface area contributed by atoms with Gasteiger partial charge in [0, 0.05) is 17.0 Å². The van der Waals surface area contributed by atoms with Gasteiger partial charge < -0.3 is 32.7 Å². The summed E-state index contributed by atoms with van der Waals surface area (Å²) < 4.78 is 33.6. The molecule has 0 N–H and O–H groups in total. The molecule has 0 fully saturated rings. The number of ether oxygens (including phenoxy) is 5. The van der Waals surface area contributed by atoms with E-state index < -0.39 is 11.9 Å². The normalized spacial score (nSPS) is 10.6. The van der Waals surface area contributed by atoms with E-state index in [1.54, 1.807) is 43.5 Å². The maximum absolute atomic E-state index is 12.4. The lowest BCUT2D eigenvalue weighted by Gasteiger charge is -2.12. The molecule has 0 radical (unpaired) electrons. The van der Waals surface area contributed by atoms with Gasteiger partial charge in [-0.25, -0.2) is 4.79 Å². The SMILES string of the molecule is CCOC(=O)c1cc(C)n(CC(=O)OCc2nnc(-c3cc(OC)c(OC)c(OC)c3)o2)c1C. The van der Waals surface area contributed by atoms with Crippen LogP contribution in [-0.4, -0.2) is 54.6 Å². The summed E-state index contributed by atoms with van der Waals surface area (Å²) in [6.07, 6.45) is 0. The van der Waals surface area contributed by atoms with Crippen LogP contribution in [-0.2, 0) is 27.4 Å². The molecule has 0 aliphatic rings. The molecule has 3 aromatic rings. The summed E-state index contributed by atoms with van der Waals surface area (Å²) in [5.41, 5.74) is 2.32. The second kappa shape index (κ2) is 10.7. The van der Waals surface area contributed by atoms with Gasteiger partial charge in [-0.1, -0.05) is 0 Å². The standard InChI is InChI=1S/C23H27N3O8/c1-7-32-23(28)16-8-13(2)26(14(16)3)11-20(27)33-12-19-24-25-22(34-19)15-9-17(29-4)21(31-6)18(10-15)30-5/h8-10H,7,11-12H2,1-6H3. The zero-order valence-electron chi connectivity index (χ0n) is 20.0. The van der Waals surface area contributed by atoms with Crippen molar-refractivity contribution in [3.63, 3.8) is 0 Å². The molecule has 11 nitrogen and oxygen atoms in total. The van der Waals surface area contributed by atoms with E-state index in [0.29, 0.717) is 34.1 Å². The van der Waals surface area contributed by atoms with Crippen LogP contribution in [0.25, 0.3) is 11.5 Å². The molecule has 0 saturated heterocycles. The number of nitrogens with zero attached hydrogens (tertiary/aromatic N) is 3. The molecule has 0 unspecified atom stereocenters. The second-order valence-corrected chi connectivity index (χ2v) is 7.17. The highest BCUT2D eigenvalue weighted by molar-refractivity contribution is 5.91. The van der Waals surface area contributed by atoms with E-state index in [-0.39, 0.29) is 31.5 Å². The Bertz CT molecular complexity index is 1160. The monoisotopic (exact) mass is 473 g/mol. The van der Waals surface area contributed by atoms with Crippen molar-refractivity contribution >= 4 is 11.9 Å². The van der Waals surface area contributed by atoms with Crippen molar-refractivity contribution < 1.29 is 37.7 Å². The first-order chi connectivity index (χ1) is 16.3. The minimum absolute atomic E-state index is 0.0784. The second-order valence-electron chi connectivity index (χ2n) is 7.17. The van der Waals surface area contributed by atoms with Gasteiger partial charge in [-0.3, -0.25) is 4.79 Å². The van der Waals surface area contributed by atoms with Gasteiger partial charge >= 0.3 is 11.9 Å². The number of hydrogen-bond acceptors (Lipinski definition) is 10. The Morgan fingerprint density at radius 1 is 0.971 bits per heavy atom. The number of benzene rings is 1. The van der Waals surface area contributed by atoms with Crippen LogP contribution < -0.4 is 14.2 Å². The highest BCUT2D eigenvalue weighted by atomic mass is 16.5. The Hall–Kier alpha value is -4.02. The third-order valence-corrected chi connectivity index (χ3v) is 5.09. The number of carbonyl (C=O) groups is 2. The molecule has 0 aliphatic carbocycles. The Morgan fingerprint density at radius 3 is 2.24 bits per heavy atom. The van der Waals surface area contributed by atoms with Crippen molar-refractivity contribution in [1.82, 2.24) is 14.8 Å². The Morgan fingerprint density at radius 2 is 1.65 bits per heavy atom. The maximum Gasteiger partial charge on any atom is 0.339 e. The highest BCUT2D eigenvalue weighted by Gasteiger charge is 2.20. The van der Waals surface area contributed by atoms with Crippen molar-refractivity contribution in [3.8, 4) is 28.7 Å². The number of hydrogen-bond donors (Lipinski definition) is 0. The summed E-state index contributed by atoms with van der Waals surface area (Å²) in [7, 11) is 4.51. The van der Waals surface area contributed by atoms with Gasteiger partial charge in [-0.2, -0.15) is 0 Å². The fraction of sp³-hybridized carbons (Fsp3) is 0.391. The van der Waals surface area contributed by atoms with Crippen LogP contribution in [0.1, 0.15) is 34.6 Å². The molecule has 0 bridgehead atoms. The van der Waals surface area contributed by atoms with Crippen molar-refractivity contribution in [3.05, 3.63) is 41.0 Å². The van der Waals surface area contributed by atoms with E-state index in [4.69, 9.17) is 28.1 Å². The van der Waals surface area contributed by atoms with Crippen LogP contribution in [0.4, 0.5) is 0 Å². The number of rotatable bonds is 10. The summed E-state index contributed by atoms with van der Waals surface area (Å²) in [5, 5.41) is 7.94. The zero-order chi connectivity index (χ0) is 24.8. The van der Waals surface area contributed by atoms with E-state index >= 15 is 0 Å². The number of methoxy groups -OCH3 is 3. The summed E-state index contributed by atoms with van der Waals surface area (Å²) in [6.45, 7) is 5.26. The van der Waals surface area contributed by atoms with Gasteiger partial charge in [0.25, 0.3) is 5.89 Å². The molecule has 182 valence electrons. The van der Waals surface area contributed by atoms with Gasteiger partial charge in [-0.05, 0) is 39.0 Å². The highest BCUT2D eigenvalue weighted by Crippen LogP contribution is 2.40. The summed E-state index contributed by atoms with van der Waals surface area (Å²) in [4.78, 5) is 24.5. The van der Waals surface area contributed by atoms with Crippen molar-refractivity contribution in [2.75, 3.05) is 27.9 Å². The number of aryl methyl sites for hydroxylation is 1. The third-order valence-electron chi connectivity index (χ3n) is 5.09. The Kier molecular flexibility index (Phi) is 7.77. The molecule has 0 saturated carbocycles. The van der Waals surface area contributed by atoms with Crippen molar-refractivity contribution in [2.45, 2.75) is 33.9 Å². The van der Waals surface area contributed by atoms with Crippen LogP contribution in [0.5, 0.6) is 17.2 Å². The first kappa shape index (κ1) is 24.6. The van der Waals surface area contributed by atoms with Gasteiger partial charge in [0.2, 0.25) is 11.6 Å². The molecule has 0 atom stereocenters. The average Bonchev–Trinajstić information content (AvgIpc) is 3.42. The van der Waals surface area contributed by atoms with E-state index in [1.807, 2.05) is 0 Å². The van der Waals surface area contributed by atoms with E-state index in [1.165, 1.54) is 21.3 Å². The Labute approximate surface area is 196 Å². The molecule has 1 aromatic carbocycles. The van der Waals surface area contributed by atoms with E-state index in [2.05, 4.69) is 10.2 Å². The number of carbonyl (C=O) groups excluding carboxylic acids is 2. The molecule has 2 aromatic heterocycles. The lowest BCUT2D eigenvalue weighted by molar-refractivity contribution is -0.146. The molecule has 3 rings (SSSR count). The smallest absolute Gasteiger partial charge is 0.339 e. The topological polar surface area (TPSA) is 124 Å². The number of esters is 2. The summed E-state index contributed by atoms with van der Waals surface area (Å²) >= 11 is 0. The Balaban J connectivity index is 1.68. The third kappa shape index (κ3) is 5.13. The van der Waals surface area contributed by atoms with Gasteiger partial charge in [0.1, 0.15) is 6.54 Å². The van der Waals surface area contributed by atoms with Gasteiger partial charge in [0.15, 0.2) is 18.1 Å². The van der Waals surface area contributed by atoms with Crippen molar-refractivity contribution in [1.29, 1.82) is 0 Å². The first-order valence-electron chi connectivity index (χ1n) is 10.4. The molecule has 2 heterocycles. The quantitative estimate of drug-likeness (QED) is 0.406. The minimum Gasteiger partial charge on any atom is -0.493 e. The average molecular weight is 473 g/mol. The van der Waals surface area contributed by atoms with Crippen LogP contribution in [0.3, 0.4) is 0 Å². The summed E-state index contributed by atoms with van der Waals surface area (Å²) in [6, 6.07) is 5.02. The molecule has 0 amide bonds. The van der Waals surface area contributed by atoms with Crippen molar-refractivity contribution in [2.24, 2.45) is 0 Å². The first-order valence-corrected chi connectivity index (χ1v) is 10.4. The molecule has 0 spiro atoms. The van der Waals surface area contributed by atoms with Gasteiger partial charge in [-0.15, -0.1) is 10.2 Å². The fourth-order valence-electron chi connectivity index (χ4n) is 3.41. The molecular weight excluding hydrogens is 446 g/mol. The maximum atomic E-state index is 12.4. The lowest BCUT2D eigenvalue weighted by atomic mass is 10.2. The zero-order valence-corrected chi connectivity index (χ0v) is 20.0. The molecule has 11 heteroatoms. The van der Waals surface area contributed by atoms with Gasteiger partial charge in [0.05, 0.1) is 33.5 Å². The number of aromatic nitrogens is 3. The molecular formula is C23H27N3O8. The summed E-state index contributed by atoms with van der Waals surface area (Å²) in [5.74, 6) is 0.659. The largest absolute Gasteiger partial charge is 0.493 e. The van der Waals surface area contributed by atoms with Crippen LogP contribution in [0.2, 0.25) is 0 Å². The van der Waals surface area contributed by atoms with Crippen LogP contribution in [0.15, 0.2) is 22.6 Å². The van der Waals surface area contributed by atoms with Crippen LogP contribution in [0, 0.1) is 13.8 Å². The van der Waals surface area contributed by atoms with E-state index in [0.717, 1.165) is 5.69 Å². The minimum atomic E-state index is -0.523. The molecule has 34 heavy (non-hydrogen) atoms. The van der Waals surface area contributed by atoms with Crippen LogP contribution >= 0.6 is 0 Å². The lowest BCUT2D eigenvalue weighted by Crippen LogP contribution is -2.16.